The van der Waals surface area contributed by atoms with Crippen LogP contribution in [0.3, 0.4) is 0 Å². The fourth-order valence-electron chi connectivity index (χ4n) is 3.49. The maximum Gasteiger partial charge on any atom is 0.315 e. The summed E-state index contributed by atoms with van der Waals surface area (Å²) in [4.78, 5) is 14.3. The van der Waals surface area contributed by atoms with Crippen LogP contribution >= 0.6 is 0 Å². The molecule has 2 amide bonds. The molecule has 27 heavy (non-hydrogen) atoms. The first kappa shape index (κ1) is 17.4. The normalized spacial score (nSPS) is 16.6. The molecule has 0 saturated carbocycles. The standard InChI is InChI=1S/C21H22FN3O2/c22-18-2-4-19(5-3-18)25-9-7-16(14-25)13-24-21(26)23-12-15-1-6-20-17(11-15)8-10-27-20/h1-6,8,10-11,16H,7,9,12-14H2,(H2,23,24,26). The maximum absolute atomic E-state index is 13.0. The van der Waals surface area contributed by atoms with Crippen LogP contribution < -0.4 is 15.5 Å². The average molecular weight is 367 g/mol. The summed E-state index contributed by atoms with van der Waals surface area (Å²) in [5.74, 6) is 0.169. The molecule has 2 heterocycles. The number of carbonyl (C=O) groups excluding carboxylic acids is 1. The highest BCUT2D eigenvalue weighted by Gasteiger charge is 2.23. The lowest BCUT2D eigenvalue weighted by molar-refractivity contribution is 0.239. The van der Waals surface area contributed by atoms with E-state index >= 15 is 0 Å². The van der Waals surface area contributed by atoms with Crippen molar-refractivity contribution in [2.45, 2.75) is 13.0 Å². The van der Waals surface area contributed by atoms with Crippen molar-refractivity contribution in [1.82, 2.24) is 10.6 Å². The smallest absolute Gasteiger partial charge is 0.315 e. The largest absolute Gasteiger partial charge is 0.464 e. The van der Waals surface area contributed by atoms with Crippen molar-refractivity contribution in [3.05, 3.63) is 66.2 Å². The Hall–Kier alpha value is -3.02. The van der Waals surface area contributed by atoms with Crippen LogP contribution in [0.25, 0.3) is 11.0 Å². The van der Waals surface area contributed by atoms with E-state index in [2.05, 4.69) is 15.5 Å². The van der Waals surface area contributed by atoms with Crippen molar-refractivity contribution in [3.8, 4) is 0 Å². The van der Waals surface area contributed by atoms with Gasteiger partial charge in [-0.2, -0.15) is 0 Å². The van der Waals surface area contributed by atoms with Gasteiger partial charge >= 0.3 is 6.03 Å². The minimum absolute atomic E-state index is 0.164. The van der Waals surface area contributed by atoms with Crippen molar-refractivity contribution < 1.29 is 13.6 Å². The number of amides is 2. The van der Waals surface area contributed by atoms with E-state index in [1.165, 1.54) is 12.1 Å². The summed E-state index contributed by atoms with van der Waals surface area (Å²) in [7, 11) is 0. The third-order valence-corrected chi connectivity index (χ3v) is 5.00. The minimum Gasteiger partial charge on any atom is -0.464 e. The lowest BCUT2D eigenvalue weighted by Crippen LogP contribution is -2.38. The number of anilines is 1. The number of furan rings is 1. The predicted molar refractivity (Wildman–Crippen MR) is 103 cm³/mol. The molecule has 0 aliphatic carbocycles. The Morgan fingerprint density at radius 3 is 2.85 bits per heavy atom. The Labute approximate surface area is 157 Å². The molecule has 2 N–H and O–H groups in total. The van der Waals surface area contributed by atoms with E-state index in [1.807, 2.05) is 24.3 Å². The summed E-state index contributed by atoms with van der Waals surface area (Å²) in [6.45, 7) is 2.89. The predicted octanol–water partition coefficient (Wildman–Crippen LogP) is 3.90. The first-order valence-electron chi connectivity index (χ1n) is 9.16. The van der Waals surface area contributed by atoms with E-state index in [0.717, 1.165) is 41.7 Å². The minimum atomic E-state index is -0.222. The Morgan fingerprint density at radius 2 is 2.00 bits per heavy atom. The summed E-state index contributed by atoms with van der Waals surface area (Å²) in [6.07, 6.45) is 2.67. The molecule has 1 unspecified atom stereocenters. The van der Waals surface area contributed by atoms with Crippen molar-refractivity contribution in [1.29, 1.82) is 0 Å². The van der Waals surface area contributed by atoms with Crippen LogP contribution in [0.4, 0.5) is 14.9 Å². The Balaban J connectivity index is 1.22. The third kappa shape index (κ3) is 4.22. The number of urea groups is 1. The summed E-state index contributed by atoms with van der Waals surface area (Å²) >= 11 is 0. The number of benzene rings is 2. The van der Waals surface area contributed by atoms with Gasteiger partial charge in [-0.15, -0.1) is 0 Å². The van der Waals surface area contributed by atoms with Gasteiger partial charge in [0.05, 0.1) is 6.26 Å². The van der Waals surface area contributed by atoms with Crippen LogP contribution in [-0.4, -0.2) is 25.7 Å². The molecule has 0 bridgehead atoms. The van der Waals surface area contributed by atoms with Crippen LogP contribution in [0, 0.1) is 11.7 Å². The summed E-state index contributed by atoms with van der Waals surface area (Å²) in [5, 5.41) is 6.88. The lowest BCUT2D eigenvalue weighted by atomic mass is 10.1. The monoisotopic (exact) mass is 367 g/mol. The van der Waals surface area contributed by atoms with Gasteiger partial charge in [-0.1, -0.05) is 6.07 Å². The lowest BCUT2D eigenvalue weighted by Gasteiger charge is -2.19. The quantitative estimate of drug-likeness (QED) is 0.719. The number of fused-ring (bicyclic) bond motifs is 1. The van der Waals surface area contributed by atoms with Crippen LogP contribution in [0.2, 0.25) is 0 Å². The van der Waals surface area contributed by atoms with E-state index in [1.54, 1.807) is 18.4 Å². The van der Waals surface area contributed by atoms with Gasteiger partial charge in [0, 0.05) is 37.3 Å². The van der Waals surface area contributed by atoms with E-state index in [0.29, 0.717) is 19.0 Å². The Kier molecular flexibility index (Phi) is 4.96. The summed E-state index contributed by atoms with van der Waals surface area (Å²) < 4.78 is 18.4. The van der Waals surface area contributed by atoms with E-state index < -0.39 is 0 Å². The number of rotatable bonds is 5. The van der Waals surface area contributed by atoms with Crippen molar-refractivity contribution in [2.75, 3.05) is 24.5 Å². The van der Waals surface area contributed by atoms with E-state index in [-0.39, 0.29) is 11.8 Å². The van der Waals surface area contributed by atoms with Gasteiger partial charge in [0.2, 0.25) is 0 Å². The van der Waals surface area contributed by atoms with Gasteiger partial charge in [0.1, 0.15) is 11.4 Å². The number of nitrogens with one attached hydrogen (secondary N) is 2. The van der Waals surface area contributed by atoms with Crippen LogP contribution in [0.15, 0.2) is 59.2 Å². The molecule has 1 aliphatic heterocycles. The van der Waals surface area contributed by atoms with Crippen molar-refractivity contribution in [3.63, 3.8) is 0 Å². The topological polar surface area (TPSA) is 57.5 Å². The average Bonchev–Trinajstić information content (AvgIpc) is 3.34. The van der Waals surface area contributed by atoms with Crippen molar-refractivity contribution in [2.24, 2.45) is 5.92 Å². The van der Waals surface area contributed by atoms with Gasteiger partial charge in [0.15, 0.2) is 0 Å². The number of nitrogens with zero attached hydrogens (tertiary/aromatic N) is 1. The molecule has 1 aromatic heterocycles. The van der Waals surface area contributed by atoms with Gasteiger partial charge < -0.3 is 20.0 Å². The second-order valence-electron chi connectivity index (χ2n) is 6.93. The molecule has 1 atom stereocenters. The molecular weight excluding hydrogens is 345 g/mol. The molecular formula is C21H22FN3O2. The molecule has 0 radical (unpaired) electrons. The number of hydrogen-bond donors (Lipinski definition) is 2. The SMILES string of the molecule is O=C(NCc1ccc2occc2c1)NCC1CCN(c2ccc(F)cc2)C1. The fraction of sp³-hybridized carbons (Fsp3) is 0.286. The summed E-state index contributed by atoms with van der Waals surface area (Å²) in [5.41, 5.74) is 2.90. The molecule has 2 aromatic carbocycles. The highest BCUT2D eigenvalue weighted by atomic mass is 19.1. The molecule has 1 saturated heterocycles. The Morgan fingerprint density at radius 1 is 1.15 bits per heavy atom. The van der Waals surface area contributed by atoms with E-state index in [9.17, 15) is 9.18 Å². The zero-order valence-corrected chi connectivity index (χ0v) is 15.0. The molecule has 6 heteroatoms. The first-order chi connectivity index (χ1) is 13.2. The fourth-order valence-corrected chi connectivity index (χ4v) is 3.49. The van der Waals surface area contributed by atoms with Gasteiger partial charge in [-0.05, 0) is 60.4 Å². The zero-order chi connectivity index (χ0) is 18.6. The second kappa shape index (κ2) is 7.70. The highest BCUT2D eigenvalue weighted by Crippen LogP contribution is 2.23. The van der Waals surface area contributed by atoms with Crippen LogP contribution in [0.1, 0.15) is 12.0 Å². The molecule has 1 fully saturated rings. The maximum atomic E-state index is 13.0. The molecule has 4 rings (SSSR count). The second-order valence-corrected chi connectivity index (χ2v) is 6.93. The van der Waals surface area contributed by atoms with E-state index in [4.69, 9.17) is 4.42 Å². The Bertz CT molecular complexity index is 923. The third-order valence-electron chi connectivity index (χ3n) is 5.00. The summed E-state index contributed by atoms with van der Waals surface area (Å²) in [6, 6.07) is 14.2. The molecule has 140 valence electrons. The molecule has 3 aromatic rings. The highest BCUT2D eigenvalue weighted by molar-refractivity contribution is 5.78. The zero-order valence-electron chi connectivity index (χ0n) is 15.0. The number of halogens is 1. The molecule has 5 nitrogen and oxygen atoms in total. The first-order valence-corrected chi connectivity index (χ1v) is 9.16. The van der Waals surface area contributed by atoms with Gasteiger partial charge in [0.25, 0.3) is 0 Å². The van der Waals surface area contributed by atoms with Gasteiger partial charge in [-0.25, -0.2) is 9.18 Å². The van der Waals surface area contributed by atoms with Crippen LogP contribution in [0.5, 0.6) is 0 Å². The van der Waals surface area contributed by atoms with Crippen molar-refractivity contribution >= 4 is 22.7 Å². The number of carbonyl (C=O) groups is 1. The van der Waals surface area contributed by atoms with Gasteiger partial charge in [-0.3, -0.25) is 0 Å². The number of hydrogen-bond acceptors (Lipinski definition) is 3. The van der Waals surface area contributed by atoms with Crippen LogP contribution in [-0.2, 0) is 6.54 Å². The molecule has 1 aliphatic rings. The molecule has 0 spiro atoms.